The first kappa shape index (κ1) is 41.5. The third-order valence-electron chi connectivity index (χ3n) is 47.9. The minimum Gasteiger partial charge on any atom is -0.347 e. The summed E-state index contributed by atoms with van der Waals surface area (Å²) >= 11 is 0. The van der Waals surface area contributed by atoms with E-state index in [-0.39, 0.29) is 11.8 Å². The molecule has 65 rings (SSSR count). The number of rotatable bonds is 0. The second-order valence-corrected chi connectivity index (χ2v) is 46.8. The highest BCUT2D eigenvalue weighted by Gasteiger charge is 2.94. The fourth-order valence-corrected chi connectivity index (χ4v) is 49.0. The van der Waals surface area contributed by atoms with Crippen molar-refractivity contribution in [1.82, 2.24) is 0 Å². The second kappa shape index (κ2) is 8.89. The highest BCUT2D eigenvalue weighted by atomic mass is 16.5. The lowest BCUT2D eigenvalue weighted by Gasteiger charge is -2.62. The van der Waals surface area contributed by atoms with Crippen LogP contribution in [0, 0.1) is 0 Å². The zero-order valence-electron chi connectivity index (χ0n) is 60.6. The zero-order chi connectivity index (χ0) is 69.7. The Morgan fingerprint density at radius 1 is 0.107 bits per heavy atom. The van der Waals surface area contributed by atoms with Gasteiger partial charge >= 0.3 is 0 Å². The van der Waals surface area contributed by atoms with Crippen molar-refractivity contribution in [3.05, 3.63) is 55.6 Å². The van der Waals surface area contributed by atoms with Crippen LogP contribution >= 0.6 is 0 Å². The summed E-state index contributed by atoms with van der Waals surface area (Å²) in [5, 5.41) is 175. The Hall–Kier alpha value is -14.9. The Kier molecular flexibility index (Phi) is 3.05. The van der Waals surface area contributed by atoms with Gasteiger partial charge in [-0.3, -0.25) is 0 Å². The molecule has 0 saturated carbocycles. The van der Waals surface area contributed by atoms with Gasteiger partial charge in [-0.25, -0.2) is 0 Å². The Bertz CT molecular complexity index is 15300. The average Bonchev–Trinajstić information content (AvgIpc) is 1.36. The van der Waals surface area contributed by atoms with E-state index in [0.29, 0.717) is 0 Å². The molecule has 4 atom stereocenters. The van der Waals surface area contributed by atoms with Gasteiger partial charge < -0.3 is 4.74 Å². The Morgan fingerprint density at radius 2 is 0.256 bits per heavy atom. The van der Waals surface area contributed by atoms with Crippen LogP contribution in [0.25, 0.3) is 560 Å². The first-order valence-corrected chi connectivity index (χ1v) is 45.9. The number of benzene rings is 35. The lowest BCUT2D eigenvalue weighted by molar-refractivity contribution is -0.0879. The van der Waals surface area contributed by atoms with Crippen LogP contribution in [0.3, 0.4) is 0 Å². The molecule has 0 N–H and O–H groups in total. The van der Waals surface area contributed by atoms with E-state index in [2.05, 4.69) is 0 Å². The third-order valence-corrected chi connectivity index (χ3v) is 47.9. The van der Waals surface area contributed by atoms with Crippen LogP contribution < -0.4 is 0 Å². The van der Waals surface area contributed by atoms with Crippen molar-refractivity contribution in [1.29, 1.82) is 0 Å². The molecule has 1 heterocycles. The zero-order valence-corrected chi connectivity index (χ0v) is 60.6. The molecule has 0 radical (unpaired) electrons. The Labute approximate surface area is 649 Å². The lowest BCUT2D eigenvalue weighted by Crippen LogP contribution is -2.65. The molecule has 1 saturated heterocycles. The van der Waals surface area contributed by atoms with Crippen LogP contribution in [0.4, 0.5) is 0 Å². The smallest absolute Gasteiger partial charge is 0.137 e. The first-order chi connectivity index (χ1) is 60.4. The van der Waals surface area contributed by atoms with Crippen LogP contribution in [0.15, 0.2) is 0 Å². The molecule has 0 aromatic heterocycles. The van der Waals surface area contributed by atoms with Gasteiger partial charge in [0.05, 0.1) is 10.8 Å². The van der Waals surface area contributed by atoms with Gasteiger partial charge in [0, 0.05) is 34.1 Å². The molecule has 54 aromatic carbocycles. The summed E-state index contributed by atoms with van der Waals surface area (Å²) in [5.74, 6) is 0.188. The maximum atomic E-state index is 11.4. The molecule has 11 aliphatic rings. The predicted octanol–water partition coefficient (Wildman–Crippen LogP) is 32.1. The van der Waals surface area contributed by atoms with E-state index in [4.69, 9.17) is 0 Å². The summed E-state index contributed by atoms with van der Waals surface area (Å²) in [5.41, 5.74) is 14.2. The van der Waals surface area contributed by atoms with Gasteiger partial charge in [0.15, 0.2) is 0 Å². The van der Waals surface area contributed by atoms with Crippen LogP contribution in [0.5, 0.6) is 0 Å². The molecule has 1 aliphatic heterocycles. The van der Waals surface area contributed by atoms with Crippen LogP contribution in [-0.4, -0.2) is 0 Å². The molecule has 0 bridgehead atoms. The van der Waals surface area contributed by atoms with E-state index < -0.39 is 22.0 Å². The normalized spacial score (nSPS) is 25.3. The summed E-state index contributed by atoms with van der Waals surface area (Å²) in [7, 11) is 0. The van der Waals surface area contributed by atoms with Crippen molar-refractivity contribution >= 4 is 560 Å². The monoisotopic (exact) mass is 1460 g/mol. The lowest BCUT2D eigenvalue weighted by atomic mass is 9.35. The van der Waals surface area contributed by atoms with Gasteiger partial charge in [0.25, 0.3) is 0 Å². The Balaban J connectivity index is 0.791. The van der Waals surface area contributed by atoms with Gasteiger partial charge in [0.1, 0.15) is 11.2 Å². The molecule has 54 aromatic rings. The molecule has 4 spiro atoms. The van der Waals surface area contributed by atoms with Crippen molar-refractivity contribution in [2.75, 3.05) is 0 Å². The number of hydrogen-bond donors (Lipinski definition) is 0. The van der Waals surface area contributed by atoms with E-state index in [1.807, 2.05) is 27.8 Å². The molecular formula is C120H2O. The van der Waals surface area contributed by atoms with Crippen molar-refractivity contribution in [3.8, 4) is 0 Å². The van der Waals surface area contributed by atoms with Gasteiger partial charge in [0.2, 0.25) is 0 Å². The molecule has 10 aliphatic carbocycles. The summed E-state index contributed by atoms with van der Waals surface area (Å²) in [4.78, 5) is 0. The summed E-state index contributed by atoms with van der Waals surface area (Å²) in [6.45, 7) is 0. The van der Waals surface area contributed by atoms with Crippen molar-refractivity contribution in [2.24, 2.45) is 0 Å². The van der Waals surface area contributed by atoms with E-state index in [1.54, 1.807) is 588 Å². The maximum absolute atomic E-state index is 11.4. The van der Waals surface area contributed by atoms with E-state index in [1.165, 1.54) is 0 Å². The molecule has 0 amide bonds. The molecule has 1 nitrogen and oxygen atoms in total. The second-order valence-electron chi connectivity index (χ2n) is 46.8. The van der Waals surface area contributed by atoms with E-state index in [9.17, 15) is 4.74 Å². The summed E-state index contributed by atoms with van der Waals surface area (Å²) in [6.07, 6.45) is 0. The largest absolute Gasteiger partial charge is 0.347 e. The highest BCUT2D eigenvalue weighted by molar-refractivity contribution is 6.87. The number of ether oxygens (including phenoxy) is 1. The topological polar surface area (TPSA) is 9.23 Å². The highest BCUT2D eigenvalue weighted by Crippen LogP contribution is 3.00. The Morgan fingerprint density at radius 3 is 0.479 bits per heavy atom. The van der Waals surface area contributed by atoms with E-state index >= 15 is 0 Å². The SMILES string of the molecule is O1C23c4c5c6c7c8c9c(c%10c%11c2c2c4c4c%12c5c5c6c6c8c8c%13c9c9c%10c%10c%11c%11c2c2c4c4c%12c%12c5c5c6c8c6c8c%13c9c9c%10c%10c%11c2c2c4c4c%12c5c6c5c8c9c%10c2c45)C73C23c4c5c6c7c8c9c%10c%11c(c%12c%13c%14c(c%15c4c4c%16c5c5c7c7c8c8c%10c%10c%17c%11c%13c%11c%13c%14c%14c%15c4c4c%15c%16c5c5c7c7c8c%10c8c(c%17%11)c%10c%13c%14c4c4c%15c5c7c8c%104)C1%122)C9C63. The van der Waals surface area contributed by atoms with Gasteiger partial charge in [-0.1, -0.05) is 0 Å². The summed E-state index contributed by atoms with van der Waals surface area (Å²) < 4.78 is 11.4. The molecular weight excluding hydrogens is 1460 g/mol. The quantitative estimate of drug-likeness (QED) is 0.138. The molecule has 4 unspecified atom stereocenters. The standard InChI is InChI=1S/C120H2O/c121-119-113-101-89-69-45-29-13-5-1-3-9-17(13)33(45)53-41-25(9)26-10(3)18-14-6(1)22-21(5)37-49(29)65-77-57(37)58-38(22)50-30(14)46-34(18)54-42(26)62-61(41)85(73(53)89)105(113)106-86(62)74(54)90-70(46)82-66(50)78(58)94-93(77)109(97(101)81(65)69)117(119,110(94)98(82)102(90)114(106)119)118-111-95-79-59-39-23-7-2-4-11-19-15(7)31-47-35(19)55-43-27(11)28-12(4)20-16-8(2)24(23)40-52-32(16)48-36(20)56-44(28)64-63(43)87-75(55)91-71(47)83(67(79)51(31)39)99(111)103(91)115-107(87)108-88(64)76(56)92-72(48)84-68(52)80(60(40)59)96(95)112(118)100(84)104(92)116(108)120(115,118)121/h97,109H. The van der Waals surface area contributed by atoms with Crippen molar-refractivity contribution < 1.29 is 4.74 Å². The average molecular weight is 1460 g/mol. The summed E-state index contributed by atoms with van der Waals surface area (Å²) in [6, 6.07) is 0. The van der Waals surface area contributed by atoms with Crippen molar-refractivity contribution in [3.63, 3.8) is 0 Å². The molecule has 1 fully saturated rings. The van der Waals surface area contributed by atoms with Crippen molar-refractivity contribution in [2.45, 2.75) is 33.9 Å². The predicted molar refractivity (Wildman–Crippen MR) is 506 cm³/mol. The third kappa shape index (κ3) is 2.01. The first-order valence-electron chi connectivity index (χ1n) is 45.9. The molecule has 488 valence electrons. The van der Waals surface area contributed by atoms with Crippen LogP contribution in [-0.2, 0) is 26.8 Å². The fourth-order valence-electron chi connectivity index (χ4n) is 49.0. The molecule has 1 heteroatoms. The van der Waals surface area contributed by atoms with E-state index in [0.717, 1.165) is 0 Å². The molecule has 121 heavy (non-hydrogen) atoms. The maximum Gasteiger partial charge on any atom is 0.137 e. The van der Waals surface area contributed by atoms with Gasteiger partial charge in [-0.15, -0.1) is 0 Å². The minimum absolute atomic E-state index is 0.0617. The minimum atomic E-state index is -0.974. The van der Waals surface area contributed by atoms with Gasteiger partial charge in [-0.05, 0) is 594 Å². The number of hydrogen-bond acceptors (Lipinski definition) is 1. The van der Waals surface area contributed by atoms with Gasteiger partial charge in [-0.2, -0.15) is 0 Å². The fraction of sp³-hybridized carbons (Fsp3) is 0.0500. The van der Waals surface area contributed by atoms with Crippen LogP contribution in [0.2, 0.25) is 0 Å². The van der Waals surface area contributed by atoms with Crippen LogP contribution in [0.1, 0.15) is 67.5 Å².